The van der Waals surface area contributed by atoms with Gasteiger partial charge in [0.25, 0.3) is 5.69 Å². The van der Waals surface area contributed by atoms with Gasteiger partial charge in [-0.15, -0.1) is 0 Å². The van der Waals surface area contributed by atoms with E-state index >= 15 is 0 Å². The van der Waals surface area contributed by atoms with Crippen molar-refractivity contribution in [2.75, 3.05) is 31.7 Å². The van der Waals surface area contributed by atoms with Crippen LogP contribution in [0, 0.1) is 10.1 Å². The van der Waals surface area contributed by atoms with Gasteiger partial charge in [0, 0.05) is 32.8 Å². The summed E-state index contributed by atoms with van der Waals surface area (Å²) < 4.78 is 24.2. The summed E-state index contributed by atoms with van der Waals surface area (Å²) in [6.45, 7) is 0.165. The maximum atomic E-state index is 11.5. The van der Waals surface area contributed by atoms with E-state index in [2.05, 4.69) is 5.32 Å². The van der Waals surface area contributed by atoms with Crippen LogP contribution < -0.4 is 5.32 Å². The minimum Gasteiger partial charge on any atom is -0.383 e. The van der Waals surface area contributed by atoms with Crippen molar-refractivity contribution in [3.63, 3.8) is 0 Å². The number of anilines is 1. The molecule has 0 aliphatic rings. The van der Waals surface area contributed by atoms with Gasteiger partial charge < -0.3 is 5.32 Å². The third-order valence-corrected chi connectivity index (χ3v) is 4.54. The van der Waals surface area contributed by atoms with Crippen molar-refractivity contribution < 1.29 is 13.3 Å². The fraction of sp³-hybridized carbons (Fsp3) is 0.400. The lowest BCUT2D eigenvalue weighted by Gasteiger charge is -2.12. The molecule has 7 nitrogen and oxygen atoms in total. The number of hydrogen-bond donors (Lipinski definition) is 1. The second-order valence-corrected chi connectivity index (χ2v) is 6.66. The van der Waals surface area contributed by atoms with Crippen LogP contribution >= 0.6 is 11.6 Å². The molecule has 1 N–H and O–H groups in total. The topological polar surface area (TPSA) is 92.6 Å². The minimum atomic E-state index is -3.28. The lowest BCUT2D eigenvalue weighted by atomic mass is 10.3. The molecular formula is C10H14ClN3O4S. The molecule has 1 aromatic carbocycles. The third kappa shape index (κ3) is 4.34. The van der Waals surface area contributed by atoms with E-state index < -0.39 is 14.9 Å². The molecule has 1 aromatic rings. The van der Waals surface area contributed by atoms with E-state index in [1.54, 1.807) is 0 Å². The Bertz CT molecular complexity index is 574. The molecule has 0 aromatic heterocycles. The van der Waals surface area contributed by atoms with Crippen LogP contribution in [0.2, 0.25) is 5.02 Å². The Labute approximate surface area is 116 Å². The van der Waals surface area contributed by atoms with E-state index in [0.29, 0.717) is 5.69 Å². The van der Waals surface area contributed by atoms with Crippen LogP contribution in [0.4, 0.5) is 11.4 Å². The molecule has 0 spiro atoms. The molecule has 0 heterocycles. The Morgan fingerprint density at radius 3 is 2.53 bits per heavy atom. The predicted octanol–water partition coefficient (Wildman–Crippen LogP) is 1.55. The van der Waals surface area contributed by atoms with Gasteiger partial charge in [-0.05, 0) is 6.07 Å². The highest BCUT2D eigenvalue weighted by atomic mass is 35.5. The lowest BCUT2D eigenvalue weighted by Crippen LogP contribution is -2.28. The summed E-state index contributed by atoms with van der Waals surface area (Å²) in [6, 6.07) is 3.96. The van der Waals surface area contributed by atoms with Gasteiger partial charge in [0.05, 0.1) is 21.4 Å². The van der Waals surface area contributed by atoms with Crippen LogP contribution in [0.1, 0.15) is 0 Å². The predicted molar refractivity (Wildman–Crippen MR) is 74.1 cm³/mol. The van der Waals surface area contributed by atoms with Crippen LogP contribution in [0.5, 0.6) is 0 Å². The molecule has 0 aliphatic carbocycles. The molecule has 1 rings (SSSR count). The summed E-state index contributed by atoms with van der Waals surface area (Å²) in [6.07, 6.45) is 0. The molecule has 0 bridgehead atoms. The molecule has 0 saturated heterocycles. The Morgan fingerprint density at radius 2 is 2.05 bits per heavy atom. The van der Waals surface area contributed by atoms with Crippen LogP contribution in [-0.4, -0.2) is 44.0 Å². The summed E-state index contributed by atoms with van der Waals surface area (Å²) in [7, 11) is -0.378. The number of halogens is 1. The molecule has 0 fully saturated rings. The van der Waals surface area contributed by atoms with Crippen molar-refractivity contribution in [1.29, 1.82) is 0 Å². The normalized spacial score (nSPS) is 11.6. The monoisotopic (exact) mass is 307 g/mol. The van der Waals surface area contributed by atoms with Crippen molar-refractivity contribution in [2.24, 2.45) is 0 Å². The zero-order valence-corrected chi connectivity index (χ0v) is 12.0. The molecule has 0 unspecified atom stereocenters. The van der Waals surface area contributed by atoms with E-state index in [-0.39, 0.29) is 23.0 Å². The number of rotatable bonds is 6. The summed E-state index contributed by atoms with van der Waals surface area (Å²) in [5.74, 6) is -0.0900. The molecule has 0 radical (unpaired) electrons. The molecule has 9 heteroatoms. The van der Waals surface area contributed by atoms with Gasteiger partial charge in [0.15, 0.2) is 0 Å². The third-order valence-electron chi connectivity index (χ3n) is 2.40. The van der Waals surface area contributed by atoms with E-state index in [1.165, 1.54) is 32.3 Å². The molecular weight excluding hydrogens is 294 g/mol. The Morgan fingerprint density at radius 1 is 1.42 bits per heavy atom. The molecule has 106 valence electrons. The Balaban J connectivity index is 2.67. The van der Waals surface area contributed by atoms with Crippen LogP contribution in [0.15, 0.2) is 18.2 Å². The van der Waals surface area contributed by atoms with Gasteiger partial charge in [-0.1, -0.05) is 11.6 Å². The first-order valence-electron chi connectivity index (χ1n) is 5.32. The number of nitro groups is 1. The SMILES string of the molecule is CN(C)S(=O)(=O)CCNc1ccc([N+](=O)[O-])cc1Cl. The van der Waals surface area contributed by atoms with Gasteiger partial charge in [0.1, 0.15) is 0 Å². The van der Waals surface area contributed by atoms with E-state index in [1.807, 2.05) is 0 Å². The van der Waals surface area contributed by atoms with Gasteiger partial charge in [-0.3, -0.25) is 10.1 Å². The van der Waals surface area contributed by atoms with Crippen molar-refractivity contribution in [3.8, 4) is 0 Å². The number of sulfonamides is 1. The number of benzene rings is 1. The zero-order valence-electron chi connectivity index (χ0n) is 10.5. The smallest absolute Gasteiger partial charge is 0.271 e. The summed E-state index contributed by atoms with van der Waals surface area (Å²) in [5.41, 5.74) is 0.345. The first-order chi connectivity index (χ1) is 8.74. The van der Waals surface area contributed by atoms with E-state index in [0.717, 1.165) is 4.31 Å². The fourth-order valence-corrected chi connectivity index (χ4v) is 2.22. The standard InChI is InChI=1S/C10H14ClN3O4S/c1-13(2)19(17,18)6-5-12-10-4-3-8(14(15)16)7-9(10)11/h3-4,7,12H,5-6H2,1-2H3. The summed E-state index contributed by atoms with van der Waals surface area (Å²) >= 11 is 5.86. The quantitative estimate of drug-likeness (QED) is 0.636. The van der Waals surface area contributed by atoms with Crippen LogP contribution in [-0.2, 0) is 10.0 Å². The highest BCUT2D eigenvalue weighted by molar-refractivity contribution is 7.89. The maximum absolute atomic E-state index is 11.5. The van der Waals surface area contributed by atoms with E-state index in [9.17, 15) is 18.5 Å². The summed E-state index contributed by atoms with van der Waals surface area (Å²) in [4.78, 5) is 9.98. The molecule has 0 atom stereocenters. The molecule has 19 heavy (non-hydrogen) atoms. The number of nitro benzene ring substituents is 1. The molecule has 0 saturated carbocycles. The van der Waals surface area contributed by atoms with Gasteiger partial charge in [-0.2, -0.15) is 0 Å². The Hall–Kier alpha value is -1.38. The number of nitrogens with zero attached hydrogens (tertiary/aromatic N) is 2. The van der Waals surface area contributed by atoms with Crippen molar-refractivity contribution in [2.45, 2.75) is 0 Å². The Kier molecular flexibility index (Phi) is 5.10. The molecule has 0 amide bonds. The minimum absolute atomic E-state index is 0.0900. The molecule has 0 aliphatic heterocycles. The van der Waals surface area contributed by atoms with Crippen LogP contribution in [0.25, 0.3) is 0 Å². The van der Waals surface area contributed by atoms with Crippen molar-refractivity contribution >= 4 is 33.0 Å². The van der Waals surface area contributed by atoms with Gasteiger partial charge >= 0.3 is 0 Å². The van der Waals surface area contributed by atoms with Crippen molar-refractivity contribution in [3.05, 3.63) is 33.3 Å². The largest absolute Gasteiger partial charge is 0.383 e. The van der Waals surface area contributed by atoms with E-state index in [4.69, 9.17) is 11.6 Å². The average Bonchev–Trinajstić information content (AvgIpc) is 2.30. The number of hydrogen-bond acceptors (Lipinski definition) is 5. The van der Waals surface area contributed by atoms with Crippen molar-refractivity contribution in [1.82, 2.24) is 4.31 Å². The maximum Gasteiger partial charge on any atom is 0.271 e. The second kappa shape index (κ2) is 6.18. The fourth-order valence-electron chi connectivity index (χ4n) is 1.26. The number of nitrogens with one attached hydrogen (secondary N) is 1. The average molecular weight is 308 g/mol. The van der Waals surface area contributed by atoms with Gasteiger partial charge in [-0.25, -0.2) is 12.7 Å². The highest BCUT2D eigenvalue weighted by Gasteiger charge is 2.14. The number of non-ortho nitro benzene ring substituents is 1. The van der Waals surface area contributed by atoms with Crippen LogP contribution in [0.3, 0.4) is 0 Å². The second-order valence-electron chi connectivity index (χ2n) is 3.95. The summed E-state index contributed by atoms with van der Waals surface area (Å²) in [5, 5.41) is 13.5. The first-order valence-corrected chi connectivity index (χ1v) is 7.31. The lowest BCUT2D eigenvalue weighted by molar-refractivity contribution is -0.384. The van der Waals surface area contributed by atoms with Gasteiger partial charge in [0.2, 0.25) is 10.0 Å². The highest BCUT2D eigenvalue weighted by Crippen LogP contribution is 2.26. The zero-order chi connectivity index (χ0) is 14.6. The first kappa shape index (κ1) is 15.7.